The average Bonchev–Trinajstić information content (AvgIpc) is 3.23. The molecule has 2 saturated carbocycles. The minimum absolute atomic E-state index is 0.0392. The smallest absolute Gasteiger partial charge is 0.340 e. The summed E-state index contributed by atoms with van der Waals surface area (Å²) in [6.45, 7) is 7.63. The monoisotopic (exact) mass is 679 g/mol. The third-order valence-electron chi connectivity index (χ3n) is 9.78. The van der Waals surface area contributed by atoms with E-state index in [-0.39, 0.29) is 18.4 Å². The summed E-state index contributed by atoms with van der Waals surface area (Å²) in [4.78, 5) is 69.7. The molecule has 13 nitrogen and oxygen atoms in total. The van der Waals surface area contributed by atoms with Crippen molar-refractivity contribution in [2.24, 2.45) is 11.3 Å². The van der Waals surface area contributed by atoms with E-state index in [4.69, 9.17) is 28.4 Å². The van der Waals surface area contributed by atoms with Crippen LogP contribution < -0.4 is 0 Å². The number of nitrogens with zero attached hydrogens (tertiary/aromatic N) is 1. The van der Waals surface area contributed by atoms with Gasteiger partial charge in [0.2, 0.25) is 0 Å². The van der Waals surface area contributed by atoms with Gasteiger partial charge in [-0.15, -0.1) is 0 Å². The molecule has 1 saturated heterocycles. The summed E-state index contributed by atoms with van der Waals surface area (Å²) < 4.78 is 36.9. The van der Waals surface area contributed by atoms with Crippen LogP contribution in [0.2, 0.25) is 0 Å². The van der Waals surface area contributed by atoms with E-state index in [1.807, 2.05) is 6.07 Å². The highest BCUT2D eigenvalue weighted by Gasteiger charge is 2.87. The molecule has 8 atom stereocenters. The lowest BCUT2D eigenvalue weighted by Gasteiger charge is -2.65. The summed E-state index contributed by atoms with van der Waals surface area (Å²) in [5, 5.41) is 12.5. The fraction of sp³-hybridized carbons (Fsp3) is 0.500. The molecule has 49 heavy (non-hydrogen) atoms. The number of rotatable bonds is 9. The number of aliphatic hydroxyl groups is 1. The molecule has 3 aliphatic rings. The first-order valence-corrected chi connectivity index (χ1v) is 16.0. The van der Waals surface area contributed by atoms with E-state index < -0.39 is 89.0 Å². The van der Waals surface area contributed by atoms with Crippen LogP contribution >= 0.6 is 0 Å². The van der Waals surface area contributed by atoms with E-state index in [9.17, 15) is 29.1 Å². The van der Waals surface area contributed by atoms with Crippen molar-refractivity contribution in [2.45, 2.75) is 95.6 Å². The highest BCUT2D eigenvalue weighted by molar-refractivity contribution is 5.89. The molecule has 0 radical (unpaired) electrons. The highest BCUT2D eigenvalue weighted by Crippen LogP contribution is 2.69. The van der Waals surface area contributed by atoms with Crippen LogP contribution in [-0.2, 0) is 47.6 Å². The minimum Gasteiger partial charge on any atom is -0.465 e. The molecule has 0 amide bonds. The summed E-state index contributed by atoms with van der Waals surface area (Å²) in [6.07, 6.45) is -0.292. The second-order valence-electron chi connectivity index (χ2n) is 13.4. The summed E-state index contributed by atoms with van der Waals surface area (Å²) in [5.41, 5.74) is -6.55. The minimum atomic E-state index is -2.06. The number of pyridine rings is 1. The highest BCUT2D eigenvalue weighted by atomic mass is 16.6. The summed E-state index contributed by atoms with van der Waals surface area (Å²) in [7, 11) is 0. The summed E-state index contributed by atoms with van der Waals surface area (Å²) in [6, 6.07) is 12.0. The number of aromatic nitrogens is 1. The van der Waals surface area contributed by atoms with Crippen molar-refractivity contribution >= 4 is 35.9 Å². The van der Waals surface area contributed by atoms with Gasteiger partial charge in [-0.3, -0.25) is 19.4 Å². The number of carbonyl (C=O) groups excluding carboxylic acids is 5. The Morgan fingerprint density at radius 1 is 0.898 bits per heavy atom. The van der Waals surface area contributed by atoms with E-state index in [0.717, 1.165) is 13.8 Å². The molecule has 2 heterocycles. The first-order chi connectivity index (χ1) is 23.1. The fourth-order valence-electron chi connectivity index (χ4n) is 8.05. The molecule has 1 spiro atoms. The molecule has 2 aliphatic carbocycles. The van der Waals surface area contributed by atoms with Crippen LogP contribution in [0, 0.1) is 11.3 Å². The second kappa shape index (κ2) is 13.4. The molecule has 2 aromatic rings. The molecule has 1 N–H and O–H groups in total. The molecule has 1 aromatic carbocycles. The van der Waals surface area contributed by atoms with Gasteiger partial charge >= 0.3 is 29.8 Å². The maximum atomic E-state index is 13.9. The first-order valence-electron chi connectivity index (χ1n) is 16.0. The van der Waals surface area contributed by atoms with Gasteiger partial charge in [0.15, 0.2) is 11.7 Å². The van der Waals surface area contributed by atoms with Gasteiger partial charge in [0, 0.05) is 39.2 Å². The maximum Gasteiger partial charge on any atom is 0.340 e. The Hall–Kier alpha value is -4.62. The lowest BCUT2D eigenvalue weighted by Crippen LogP contribution is -2.83. The Kier molecular flexibility index (Phi) is 9.73. The van der Waals surface area contributed by atoms with E-state index in [1.54, 1.807) is 44.2 Å². The lowest BCUT2D eigenvalue weighted by molar-refractivity contribution is -0.348. The Morgan fingerprint density at radius 3 is 2.20 bits per heavy atom. The van der Waals surface area contributed by atoms with E-state index >= 15 is 0 Å². The van der Waals surface area contributed by atoms with Crippen molar-refractivity contribution in [3.8, 4) is 0 Å². The number of hydrogen-bond donors (Lipinski definition) is 1. The van der Waals surface area contributed by atoms with Gasteiger partial charge in [0.25, 0.3) is 0 Å². The topological polar surface area (TPSA) is 174 Å². The molecule has 2 bridgehead atoms. The predicted octanol–water partition coefficient (Wildman–Crippen LogP) is 3.37. The van der Waals surface area contributed by atoms with Crippen LogP contribution in [0.15, 0.2) is 60.9 Å². The summed E-state index contributed by atoms with van der Waals surface area (Å²) in [5.74, 6) is -5.00. The van der Waals surface area contributed by atoms with Crippen molar-refractivity contribution in [1.29, 1.82) is 0 Å². The fourth-order valence-corrected chi connectivity index (χ4v) is 8.05. The molecule has 1 aliphatic heterocycles. The number of fused-ring (bicyclic) bond motifs is 1. The Morgan fingerprint density at radius 2 is 1.59 bits per heavy atom. The molecular formula is C36H41NO12. The van der Waals surface area contributed by atoms with E-state index in [0.29, 0.717) is 5.56 Å². The van der Waals surface area contributed by atoms with Crippen molar-refractivity contribution in [2.75, 3.05) is 6.61 Å². The average molecular weight is 680 g/mol. The maximum absolute atomic E-state index is 13.9. The lowest BCUT2D eigenvalue weighted by atomic mass is 9.46. The largest absolute Gasteiger partial charge is 0.465 e. The zero-order valence-electron chi connectivity index (χ0n) is 28.2. The molecule has 1 aromatic heterocycles. The first kappa shape index (κ1) is 35.7. The third-order valence-corrected chi connectivity index (χ3v) is 9.78. The van der Waals surface area contributed by atoms with E-state index in [1.165, 1.54) is 44.4 Å². The molecular weight excluding hydrogens is 638 g/mol. The van der Waals surface area contributed by atoms with Crippen LogP contribution in [0.3, 0.4) is 0 Å². The number of benzene rings is 1. The number of esters is 5. The predicted molar refractivity (Wildman–Crippen MR) is 170 cm³/mol. The number of hydrogen-bond acceptors (Lipinski definition) is 13. The third kappa shape index (κ3) is 6.32. The van der Waals surface area contributed by atoms with Gasteiger partial charge in [-0.05, 0) is 57.4 Å². The standard InChI is InChI=1S/C36H41NO12/c1-21(38)44-20-35-26(47-27(41)15-14-24-11-8-7-9-12-24)16-17-34(6,43)36(35)30(46-23(3)40)28(33(4,5)49-36)29(45-22(2)39)31(35)48-32(42)25-13-10-18-37-19-25/h7-15,18-19,26,28-31,43H,16-17,20H2,1-6H3/t26-,28+,29+,30+,31+,34-,35-,36-/m0/s1. The van der Waals surface area contributed by atoms with Gasteiger partial charge in [-0.1, -0.05) is 30.3 Å². The molecule has 13 heteroatoms. The normalized spacial score (nSPS) is 32.8. The van der Waals surface area contributed by atoms with Gasteiger partial charge < -0.3 is 33.5 Å². The van der Waals surface area contributed by atoms with Crippen molar-refractivity contribution in [3.05, 3.63) is 72.1 Å². The van der Waals surface area contributed by atoms with Crippen LogP contribution in [-0.4, -0.2) is 87.8 Å². The van der Waals surface area contributed by atoms with Crippen LogP contribution in [0.5, 0.6) is 0 Å². The van der Waals surface area contributed by atoms with Crippen molar-refractivity contribution < 1.29 is 57.5 Å². The van der Waals surface area contributed by atoms with Gasteiger partial charge in [0.05, 0.1) is 22.7 Å². The molecule has 3 fully saturated rings. The molecule has 0 unspecified atom stereocenters. The number of carbonyl (C=O) groups is 5. The molecule has 262 valence electrons. The zero-order chi connectivity index (χ0) is 35.8. The zero-order valence-corrected chi connectivity index (χ0v) is 28.2. The van der Waals surface area contributed by atoms with Gasteiger partial charge in [0.1, 0.15) is 30.3 Å². The van der Waals surface area contributed by atoms with Crippen LogP contribution in [0.1, 0.15) is 70.3 Å². The van der Waals surface area contributed by atoms with Gasteiger partial charge in [-0.25, -0.2) is 9.59 Å². The SMILES string of the molecule is CC(=O)OC[C@@]12[C@@H](OC(=O)C=Cc3ccccc3)CC[C@](C)(O)[C@]13OC(C)(C)[C@H]([C@@H](OC(C)=O)[C@H]2OC(=O)c1cccnc1)[C@H]3OC(C)=O. The number of ether oxygens (including phenoxy) is 6. The van der Waals surface area contributed by atoms with Crippen molar-refractivity contribution in [3.63, 3.8) is 0 Å². The Balaban J connectivity index is 1.78. The van der Waals surface area contributed by atoms with Crippen LogP contribution in [0.25, 0.3) is 6.08 Å². The molecule has 5 rings (SSSR count). The van der Waals surface area contributed by atoms with Crippen molar-refractivity contribution in [1.82, 2.24) is 4.98 Å². The summed E-state index contributed by atoms with van der Waals surface area (Å²) >= 11 is 0. The Labute approximate surface area is 283 Å². The quantitative estimate of drug-likeness (QED) is 0.232. The van der Waals surface area contributed by atoms with Gasteiger partial charge in [-0.2, -0.15) is 0 Å². The van der Waals surface area contributed by atoms with Crippen LogP contribution in [0.4, 0.5) is 0 Å². The van der Waals surface area contributed by atoms with E-state index in [2.05, 4.69) is 4.98 Å². The Bertz CT molecular complexity index is 1620. The second-order valence-corrected chi connectivity index (χ2v) is 13.4.